The van der Waals surface area contributed by atoms with Gasteiger partial charge in [0.1, 0.15) is 17.8 Å². The van der Waals surface area contributed by atoms with Crippen molar-refractivity contribution >= 4 is 45.2 Å². The molecule has 1 aliphatic rings. The highest BCUT2D eigenvalue weighted by molar-refractivity contribution is 7.84. The summed E-state index contributed by atoms with van der Waals surface area (Å²) in [4.78, 5) is 12.0. The number of anilines is 3. The van der Waals surface area contributed by atoms with Crippen LogP contribution in [0, 0.1) is 0 Å². The molecular weight excluding hydrogens is 324 g/mol. The first-order valence-electron chi connectivity index (χ1n) is 7.56. The maximum atomic E-state index is 12.0. The Morgan fingerprint density at radius 2 is 2.25 bits per heavy atom. The Kier molecular flexibility index (Phi) is 3.53. The fourth-order valence-corrected chi connectivity index (χ4v) is 4.20. The number of aromatic amines is 1. The minimum Gasteiger partial charge on any atom is -0.398 e. The summed E-state index contributed by atoms with van der Waals surface area (Å²) < 4.78 is 12.0. The fraction of sp³-hybridized carbons (Fsp3) is 0.188. The van der Waals surface area contributed by atoms with E-state index >= 15 is 0 Å². The lowest BCUT2D eigenvalue weighted by atomic mass is 10.1. The number of benzene rings is 1. The van der Waals surface area contributed by atoms with E-state index < -0.39 is 10.8 Å². The largest absolute Gasteiger partial charge is 0.398 e. The summed E-state index contributed by atoms with van der Waals surface area (Å²) >= 11 is 0. The van der Waals surface area contributed by atoms with E-state index in [2.05, 4.69) is 20.3 Å². The summed E-state index contributed by atoms with van der Waals surface area (Å²) in [7, 11) is -0.840. The highest BCUT2D eigenvalue weighted by atomic mass is 32.2. The van der Waals surface area contributed by atoms with Gasteiger partial charge in [0, 0.05) is 33.6 Å². The van der Waals surface area contributed by atoms with Crippen LogP contribution in [-0.4, -0.2) is 31.1 Å². The average Bonchev–Trinajstić information content (AvgIpc) is 2.95. The molecule has 0 bridgehead atoms. The third-order valence-electron chi connectivity index (χ3n) is 4.20. The average molecular weight is 341 g/mol. The van der Waals surface area contributed by atoms with E-state index in [0.29, 0.717) is 23.0 Å². The summed E-state index contributed by atoms with van der Waals surface area (Å²) in [6, 6.07) is 5.52. The summed E-state index contributed by atoms with van der Waals surface area (Å²) in [5, 5.41) is 9.79. The maximum Gasteiger partial charge on any atom is 0.169 e. The predicted octanol–water partition coefficient (Wildman–Crippen LogP) is 0.267. The van der Waals surface area contributed by atoms with Crippen LogP contribution in [0.1, 0.15) is 16.8 Å². The number of fused-ring (bicyclic) bond motifs is 3. The van der Waals surface area contributed by atoms with Gasteiger partial charge in [-0.1, -0.05) is 0 Å². The topological polar surface area (TPSA) is 122 Å². The van der Waals surface area contributed by atoms with Gasteiger partial charge >= 0.3 is 0 Å². The first kappa shape index (κ1) is 14.8. The molecule has 24 heavy (non-hydrogen) atoms. The van der Waals surface area contributed by atoms with Crippen molar-refractivity contribution in [2.75, 3.05) is 16.8 Å². The molecule has 2 aromatic heterocycles. The molecule has 8 heteroatoms. The lowest BCUT2D eigenvalue weighted by Gasteiger charge is -2.12. The van der Waals surface area contributed by atoms with Crippen LogP contribution < -0.4 is 16.5 Å². The lowest BCUT2D eigenvalue weighted by molar-refractivity contribution is -0.104. The van der Waals surface area contributed by atoms with Crippen molar-refractivity contribution in [2.45, 2.75) is 12.2 Å². The van der Waals surface area contributed by atoms with E-state index in [4.69, 9.17) is 11.1 Å². The van der Waals surface area contributed by atoms with Crippen LogP contribution in [0.3, 0.4) is 0 Å². The van der Waals surface area contributed by atoms with Gasteiger partial charge in [0.25, 0.3) is 0 Å². The van der Waals surface area contributed by atoms with Crippen molar-refractivity contribution in [3.8, 4) is 0 Å². The zero-order valence-electron chi connectivity index (χ0n) is 12.9. The van der Waals surface area contributed by atoms with Gasteiger partial charge in [-0.3, -0.25) is 9.62 Å². The van der Waals surface area contributed by atoms with Gasteiger partial charge in [-0.05, 0) is 30.2 Å². The molecule has 0 amide bonds. The number of nitrogen functional groups attached to an aromatic ring is 1. The highest BCUT2D eigenvalue weighted by Gasteiger charge is 2.22. The summed E-state index contributed by atoms with van der Waals surface area (Å²) in [5.41, 5.74) is 11.0. The second-order valence-electron chi connectivity index (χ2n) is 5.70. The molecular formula is C16H17N6OS+. The molecule has 0 saturated heterocycles. The Morgan fingerprint density at radius 3 is 3.08 bits per heavy atom. The first-order valence-corrected chi connectivity index (χ1v) is 9.05. The van der Waals surface area contributed by atoms with Crippen LogP contribution >= 0.6 is 0 Å². The number of nitrogens with one attached hydrogen (secondary N) is 2. The van der Waals surface area contributed by atoms with Gasteiger partial charge in [-0.25, -0.2) is 9.97 Å². The minimum absolute atomic E-state index is 0.529. The number of nitrogens with zero attached hydrogens (tertiary/aromatic N) is 2. The molecule has 4 rings (SSSR count). The van der Waals surface area contributed by atoms with E-state index in [1.807, 2.05) is 12.1 Å². The van der Waals surface area contributed by atoms with E-state index in [1.54, 1.807) is 6.07 Å². The van der Waals surface area contributed by atoms with E-state index in [1.165, 1.54) is 12.5 Å². The predicted molar refractivity (Wildman–Crippen MR) is 95.5 cm³/mol. The number of rotatable bonds is 3. The number of hydrogen-bond donors (Lipinski definition) is 4. The zero-order valence-corrected chi connectivity index (χ0v) is 13.7. The molecule has 1 atom stereocenters. The fourth-order valence-electron chi connectivity index (χ4n) is 2.99. The van der Waals surface area contributed by atoms with Gasteiger partial charge in [0.05, 0.1) is 16.7 Å². The maximum absolute atomic E-state index is 12.0. The molecule has 3 aromatic rings. The first-order chi connectivity index (χ1) is 11.7. The van der Waals surface area contributed by atoms with Crippen molar-refractivity contribution in [1.82, 2.24) is 15.0 Å². The molecule has 0 radical (unpaired) electrons. The number of H-pyrrole nitrogens is 1. The SMILES string of the molecule is Nc1ccc(Nc2ncnc3[nH]c4c(c23)CS(=O)CC4)cc1C=[NH2+]. The van der Waals surface area contributed by atoms with Gasteiger partial charge in [0.2, 0.25) is 0 Å². The minimum atomic E-state index is -0.840. The van der Waals surface area contributed by atoms with Crippen LogP contribution in [-0.2, 0) is 23.0 Å². The summed E-state index contributed by atoms with van der Waals surface area (Å²) in [5.74, 6) is 1.90. The number of hydrogen-bond acceptors (Lipinski definition) is 5. The third-order valence-corrected chi connectivity index (χ3v) is 5.47. The van der Waals surface area contributed by atoms with Gasteiger partial charge in [-0.15, -0.1) is 0 Å². The Labute approximate surface area is 140 Å². The van der Waals surface area contributed by atoms with Crippen molar-refractivity contribution in [3.63, 3.8) is 0 Å². The van der Waals surface area contributed by atoms with Crippen LogP contribution in [0.5, 0.6) is 0 Å². The zero-order chi connectivity index (χ0) is 16.7. The molecule has 0 spiro atoms. The normalized spacial score (nSPS) is 16.8. The van der Waals surface area contributed by atoms with Crippen molar-refractivity contribution < 1.29 is 9.62 Å². The number of aromatic nitrogens is 3. The van der Waals surface area contributed by atoms with Crippen molar-refractivity contribution in [2.24, 2.45) is 0 Å². The Balaban J connectivity index is 1.81. The van der Waals surface area contributed by atoms with Crippen molar-refractivity contribution in [3.05, 3.63) is 41.3 Å². The number of nitrogens with two attached hydrogens (primary N) is 2. The van der Waals surface area contributed by atoms with E-state index in [0.717, 1.165) is 40.0 Å². The molecule has 0 aliphatic carbocycles. The van der Waals surface area contributed by atoms with Crippen LogP contribution in [0.15, 0.2) is 24.5 Å². The van der Waals surface area contributed by atoms with E-state index in [-0.39, 0.29) is 0 Å². The lowest BCUT2D eigenvalue weighted by Crippen LogP contribution is -2.30. The molecule has 0 saturated carbocycles. The number of aryl methyl sites for hydroxylation is 1. The molecule has 1 aromatic carbocycles. The quantitative estimate of drug-likeness (QED) is 0.402. The molecule has 0 fully saturated rings. The Morgan fingerprint density at radius 1 is 1.38 bits per heavy atom. The van der Waals surface area contributed by atoms with Crippen molar-refractivity contribution in [1.29, 1.82) is 0 Å². The van der Waals surface area contributed by atoms with Gasteiger partial charge < -0.3 is 16.0 Å². The van der Waals surface area contributed by atoms with Gasteiger partial charge in [0.15, 0.2) is 6.21 Å². The molecule has 1 aliphatic heterocycles. The standard InChI is InChI=1S/C16H16N6OS/c17-6-9-5-10(1-2-12(9)18)21-15-14-11-7-24(23)4-3-13(11)22-16(14)20-8-19-15/h1-2,5-6,8,17H,3-4,7,18H2,(H2,19,20,21,22)/p+1. The smallest absolute Gasteiger partial charge is 0.169 e. The van der Waals surface area contributed by atoms with E-state index in [9.17, 15) is 4.21 Å². The molecule has 6 N–H and O–H groups in total. The summed E-state index contributed by atoms with van der Waals surface area (Å²) in [6.45, 7) is 0. The third kappa shape index (κ3) is 2.44. The Bertz CT molecular complexity index is 980. The highest BCUT2D eigenvalue weighted by Crippen LogP contribution is 2.32. The Hall–Kier alpha value is -2.74. The summed E-state index contributed by atoms with van der Waals surface area (Å²) in [6.07, 6.45) is 3.75. The molecule has 7 nitrogen and oxygen atoms in total. The second-order valence-corrected chi connectivity index (χ2v) is 7.28. The molecule has 3 heterocycles. The molecule has 122 valence electrons. The van der Waals surface area contributed by atoms with Crippen LogP contribution in [0.2, 0.25) is 0 Å². The molecule has 1 unspecified atom stereocenters. The van der Waals surface area contributed by atoms with Gasteiger partial charge in [-0.2, -0.15) is 0 Å². The monoisotopic (exact) mass is 341 g/mol. The van der Waals surface area contributed by atoms with Crippen LogP contribution in [0.4, 0.5) is 17.2 Å². The second kappa shape index (κ2) is 5.72. The van der Waals surface area contributed by atoms with Crippen LogP contribution in [0.25, 0.3) is 11.0 Å².